The molecule has 3 N–H and O–H groups in total. The van der Waals surface area contributed by atoms with Gasteiger partial charge in [-0.3, -0.25) is 9.36 Å². The van der Waals surface area contributed by atoms with Gasteiger partial charge in [0.15, 0.2) is 5.65 Å². The maximum atomic E-state index is 13.3. The molecule has 0 spiro atoms. The molecule has 0 bridgehead atoms. The highest BCUT2D eigenvalue weighted by molar-refractivity contribution is 6.30. The fourth-order valence-corrected chi connectivity index (χ4v) is 3.73. The lowest BCUT2D eigenvalue weighted by Crippen LogP contribution is -2.14. The van der Waals surface area contributed by atoms with E-state index in [1.54, 1.807) is 48.1 Å². The number of rotatable bonds is 4. The summed E-state index contributed by atoms with van der Waals surface area (Å²) in [7, 11) is 1.59. The highest BCUT2D eigenvalue weighted by atomic mass is 35.5. The normalized spacial score (nSPS) is 11.1. The van der Waals surface area contributed by atoms with E-state index >= 15 is 0 Å². The Kier molecular flexibility index (Phi) is 4.88. The number of para-hydroxylation sites is 2. The first-order chi connectivity index (χ1) is 15.5. The number of aromatic nitrogens is 3. The molecule has 5 aromatic rings. The Morgan fingerprint density at radius 2 is 1.62 bits per heavy atom. The van der Waals surface area contributed by atoms with Crippen LogP contribution in [0.15, 0.2) is 72.8 Å². The van der Waals surface area contributed by atoms with Crippen molar-refractivity contribution >= 4 is 51.2 Å². The van der Waals surface area contributed by atoms with Crippen molar-refractivity contribution < 1.29 is 9.53 Å². The Labute approximate surface area is 188 Å². The topological polar surface area (TPSA) is 95.1 Å². The van der Waals surface area contributed by atoms with Gasteiger partial charge in [0.1, 0.15) is 22.6 Å². The zero-order chi connectivity index (χ0) is 22.2. The minimum atomic E-state index is -0.380. The number of nitrogens with zero attached hydrogens (tertiary/aromatic N) is 3. The van der Waals surface area contributed by atoms with Gasteiger partial charge in [-0.2, -0.15) is 0 Å². The second-order valence-corrected chi connectivity index (χ2v) is 7.58. The van der Waals surface area contributed by atoms with Gasteiger partial charge in [-0.1, -0.05) is 23.7 Å². The number of nitrogens with two attached hydrogens (primary N) is 1. The summed E-state index contributed by atoms with van der Waals surface area (Å²) in [5, 5.41) is 3.48. The minimum absolute atomic E-state index is 0.239. The predicted octanol–water partition coefficient (Wildman–Crippen LogP) is 5.07. The van der Waals surface area contributed by atoms with E-state index in [9.17, 15) is 4.79 Å². The maximum absolute atomic E-state index is 13.3. The van der Waals surface area contributed by atoms with Crippen molar-refractivity contribution in [2.45, 2.75) is 0 Å². The zero-order valence-electron chi connectivity index (χ0n) is 17.0. The number of hydrogen-bond donors (Lipinski definition) is 2. The first-order valence-electron chi connectivity index (χ1n) is 9.83. The van der Waals surface area contributed by atoms with Crippen LogP contribution in [-0.2, 0) is 0 Å². The fourth-order valence-electron chi connectivity index (χ4n) is 3.60. The van der Waals surface area contributed by atoms with Crippen LogP contribution in [-0.4, -0.2) is 27.6 Å². The molecule has 2 aromatic heterocycles. The van der Waals surface area contributed by atoms with Gasteiger partial charge >= 0.3 is 0 Å². The SMILES string of the molecule is COc1ccc(NC(=O)c2c(N)n(-c3ccc(Cl)cc3)c3nc4ccccc4nc23)cc1. The number of nitrogen functional groups attached to an aromatic ring is 1. The molecule has 8 heteroatoms. The van der Waals surface area contributed by atoms with E-state index in [0.717, 1.165) is 5.69 Å². The summed E-state index contributed by atoms with van der Waals surface area (Å²) in [6, 6.07) is 21.7. The first-order valence-corrected chi connectivity index (χ1v) is 10.2. The fraction of sp³-hybridized carbons (Fsp3) is 0.0417. The second-order valence-electron chi connectivity index (χ2n) is 7.14. The first kappa shape index (κ1) is 19.8. The molecule has 0 unspecified atom stereocenters. The van der Waals surface area contributed by atoms with Gasteiger partial charge in [-0.15, -0.1) is 0 Å². The van der Waals surface area contributed by atoms with E-state index in [4.69, 9.17) is 32.0 Å². The highest BCUT2D eigenvalue weighted by Gasteiger charge is 2.25. The number of anilines is 2. The molecule has 0 atom stereocenters. The van der Waals surface area contributed by atoms with Gasteiger partial charge in [-0.25, -0.2) is 9.97 Å². The van der Waals surface area contributed by atoms with Gasteiger partial charge in [-0.05, 0) is 60.7 Å². The van der Waals surface area contributed by atoms with Crippen LogP contribution in [0, 0.1) is 0 Å². The van der Waals surface area contributed by atoms with Gasteiger partial charge in [0, 0.05) is 16.4 Å². The van der Waals surface area contributed by atoms with E-state index in [-0.39, 0.29) is 17.3 Å². The van der Waals surface area contributed by atoms with E-state index in [0.29, 0.717) is 38.7 Å². The van der Waals surface area contributed by atoms with Crippen molar-refractivity contribution in [2.75, 3.05) is 18.2 Å². The third kappa shape index (κ3) is 3.38. The number of amides is 1. The van der Waals surface area contributed by atoms with Crippen LogP contribution in [0.2, 0.25) is 5.02 Å². The lowest BCUT2D eigenvalue weighted by atomic mass is 10.2. The molecule has 0 radical (unpaired) electrons. The number of fused-ring (bicyclic) bond motifs is 2. The van der Waals surface area contributed by atoms with Crippen LogP contribution in [0.25, 0.3) is 27.9 Å². The largest absolute Gasteiger partial charge is 0.497 e. The number of carbonyl (C=O) groups excluding carboxylic acids is 1. The lowest BCUT2D eigenvalue weighted by Gasteiger charge is -2.09. The predicted molar refractivity (Wildman–Crippen MR) is 127 cm³/mol. The van der Waals surface area contributed by atoms with E-state index in [2.05, 4.69) is 5.32 Å². The monoisotopic (exact) mass is 443 g/mol. The number of nitrogens with one attached hydrogen (secondary N) is 1. The second kappa shape index (κ2) is 7.86. The van der Waals surface area contributed by atoms with E-state index in [1.165, 1.54) is 0 Å². The molecule has 0 aliphatic heterocycles. The standard InChI is InChI=1S/C24H18ClN5O2/c1-32-17-12-8-15(9-13-17)27-24(31)20-21-23(29-19-5-3-2-4-18(19)28-21)30(22(20)26)16-10-6-14(25)7-11-16/h2-13H,26H2,1H3,(H,27,31). The molecule has 2 heterocycles. The van der Waals surface area contributed by atoms with Crippen molar-refractivity contribution in [3.8, 4) is 11.4 Å². The molecule has 0 saturated carbocycles. The van der Waals surface area contributed by atoms with Crippen LogP contribution >= 0.6 is 11.6 Å². The van der Waals surface area contributed by atoms with Crippen molar-refractivity contribution in [2.24, 2.45) is 0 Å². The number of halogens is 1. The van der Waals surface area contributed by atoms with Crippen LogP contribution in [0.5, 0.6) is 5.75 Å². The van der Waals surface area contributed by atoms with Crippen LogP contribution in [0.3, 0.4) is 0 Å². The average Bonchev–Trinajstić information content (AvgIpc) is 3.09. The molecule has 0 fully saturated rings. The lowest BCUT2D eigenvalue weighted by molar-refractivity contribution is 0.102. The molecule has 0 saturated heterocycles. The Bertz CT molecular complexity index is 1460. The van der Waals surface area contributed by atoms with Crippen molar-refractivity contribution in [1.29, 1.82) is 0 Å². The number of ether oxygens (including phenoxy) is 1. The van der Waals surface area contributed by atoms with Crippen molar-refractivity contribution in [3.63, 3.8) is 0 Å². The number of methoxy groups -OCH3 is 1. The quantitative estimate of drug-likeness (QED) is 0.404. The summed E-state index contributed by atoms with van der Waals surface area (Å²) in [5.74, 6) is 0.554. The molecule has 1 amide bonds. The molecule has 0 aliphatic rings. The average molecular weight is 444 g/mol. The smallest absolute Gasteiger partial charge is 0.261 e. The third-order valence-corrected chi connectivity index (χ3v) is 5.41. The zero-order valence-corrected chi connectivity index (χ0v) is 17.8. The Hall–Kier alpha value is -4.10. The Morgan fingerprint density at radius 3 is 2.28 bits per heavy atom. The molecule has 7 nitrogen and oxygen atoms in total. The summed E-state index contributed by atoms with van der Waals surface area (Å²) < 4.78 is 6.89. The summed E-state index contributed by atoms with van der Waals surface area (Å²) in [4.78, 5) is 22.8. The van der Waals surface area contributed by atoms with Gasteiger partial charge in [0.25, 0.3) is 5.91 Å². The minimum Gasteiger partial charge on any atom is -0.497 e. The summed E-state index contributed by atoms with van der Waals surface area (Å²) in [6.07, 6.45) is 0. The Balaban J connectivity index is 1.70. The molecule has 5 rings (SSSR count). The summed E-state index contributed by atoms with van der Waals surface area (Å²) >= 11 is 6.06. The van der Waals surface area contributed by atoms with E-state index < -0.39 is 0 Å². The van der Waals surface area contributed by atoms with Gasteiger partial charge in [0.05, 0.1) is 18.1 Å². The Morgan fingerprint density at radius 1 is 0.969 bits per heavy atom. The highest BCUT2D eigenvalue weighted by Crippen LogP contribution is 2.32. The molecule has 32 heavy (non-hydrogen) atoms. The number of carbonyl (C=O) groups is 1. The number of hydrogen-bond acceptors (Lipinski definition) is 5. The summed E-state index contributed by atoms with van der Waals surface area (Å²) in [6.45, 7) is 0. The maximum Gasteiger partial charge on any atom is 0.261 e. The molecule has 3 aromatic carbocycles. The number of benzene rings is 3. The molecular formula is C24H18ClN5O2. The van der Waals surface area contributed by atoms with Crippen molar-refractivity contribution in [1.82, 2.24) is 14.5 Å². The van der Waals surface area contributed by atoms with Crippen LogP contribution in [0.4, 0.5) is 11.5 Å². The summed E-state index contributed by atoms with van der Waals surface area (Å²) in [5.41, 5.74) is 10.4. The third-order valence-electron chi connectivity index (χ3n) is 5.16. The van der Waals surface area contributed by atoms with Crippen molar-refractivity contribution in [3.05, 3.63) is 83.4 Å². The van der Waals surface area contributed by atoms with Gasteiger partial charge in [0.2, 0.25) is 0 Å². The van der Waals surface area contributed by atoms with Crippen LogP contribution in [0.1, 0.15) is 10.4 Å². The van der Waals surface area contributed by atoms with Gasteiger partial charge < -0.3 is 15.8 Å². The van der Waals surface area contributed by atoms with Crippen LogP contribution < -0.4 is 15.8 Å². The molecular weight excluding hydrogens is 426 g/mol. The van der Waals surface area contributed by atoms with E-state index in [1.807, 2.05) is 36.4 Å². The molecule has 158 valence electrons. The molecule has 0 aliphatic carbocycles.